The molecular weight excluding hydrogens is 162 g/mol. The van der Waals surface area contributed by atoms with Gasteiger partial charge in [-0.3, -0.25) is 0 Å². The van der Waals surface area contributed by atoms with Crippen LogP contribution in [-0.4, -0.2) is 0 Å². The van der Waals surface area contributed by atoms with Crippen molar-refractivity contribution in [3.8, 4) is 0 Å². The molecule has 0 radical (unpaired) electrons. The molecular formula is C10H11N3. The Balaban J connectivity index is 2.08. The van der Waals surface area contributed by atoms with Gasteiger partial charge < -0.3 is 0 Å². The summed E-state index contributed by atoms with van der Waals surface area (Å²) in [6.45, 7) is 0.460. The van der Waals surface area contributed by atoms with Crippen molar-refractivity contribution >= 4 is 0 Å². The summed E-state index contributed by atoms with van der Waals surface area (Å²) < 4.78 is 0. The van der Waals surface area contributed by atoms with Crippen molar-refractivity contribution in [1.82, 2.24) is 0 Å². The van der Waals surface area contributed by atoms with Gasteiger partial charge in [-0.2, -0.15) is 0 Å². The van der Waals surface area contributed by atoms with Crippen LogP contribution in [0.2, 0.25) is 0 Å². The third-order valence-corrected chi connectivity index (χ3v) is 2.35. The molecule has 3 nitrogen and oxygen atoms in total. The lowest BCUT2D eigenvalue weighted by molar-refractivity contribution is 1.04. The van der Waals surface area contributed by atoms with E-state index in [1.165, 1.54) is 18.4 Å². The molecule has 1 saturated carbocycles. The average Bonchev–Trinajstić information content (AvgIpc) is 2.99. The minimum absolute atomic E-state index is 0.460. The number of hydrogen-bond donors (Lipinski definition) is 0. The summed E-state index contributed by atoms with van der Waals surface area (Å²) >= 11 is 0. The quantitative estimate of drug-likeness (QED) is 0.382. The van der Waals surface area contributed by atoms with Crippen LogP contribution < -0.4 is 0 Å². The summed E-state index contributed by atoms with van der Waals surface area (Å²) in [6, 6.07) is 8.37. The van der Waals surface area contributed by atoms with Crippen LogP contribution in [-0.2, 0) is 6.54 Å². The molecule has 1 aliphatic rings. The van der Waals surface area contributed by atoms with Crippen LogP contribution in [0.25, 0.3) is 10.4 Å². The molecule has 3 heteroatoms. The Morgan fingerprint density at radius 3 is 2.54 bits per heavy atom. The molecule has 0 aliphatic heterocycles. The molecule has 0 amide bonds. The van der Waals surface area contributed by atoms with Gasteiger partial charge in [0.15, 0.2) is 0 Å². The standard InChI is InChI=1S/C10H11N3/c11-13-12-7-8-1-3-9(4-2-8)10-5-6-10/h1-4,10H,5-7H2. The Hall–Kier alpha value is -1.47. The predicted octanol–water partition coefficient (Wildman–Crippen LogP) is 3.37. The Morgan fingerprint density at radius 2 is 2.00 bits per heavy atom. The highest BCUT2D eigenvalue weighted by Crippen LogP contribution is 2.39. The second-order valence-corrected chi connectivity index (χ2v) is 3.40. The van der Waals surface area contributed by atoms with E-state index >= 15 is 0 Å². The molecule has 0 spiro atoms. The fraction of sp³-hybridized carbons (Fsp3) is 0.400. The summed E-state index contributed by atoms with van der Waals surface area (Å²) in [4.78, 5) is 2.73. The van der Waals surface area contributed by atoms with E-state index in [9.17, 15) is 0 Å². The zero-order chi connectivity index (χ0) is 9.10. The molecule has 1 aliphatic carbocycles. The minimum atomic E-state index is 0.460. The largest absolute Gasteiger partial charge is 0.0893 e. The van der Waals surface area contributed by atoms with Crippen LogP contribution in [0.5, 0.6) is 0 Å². The maximum absolute atomic E-state index is 8.14. The number of benzene rings is 1. The Bertz CT molecular complexity index is 332. The lowest BCUT2D eigenvalue weighted by Crippen LogP contribution is -1.82. The first-order chi connectivity index (χ1) is 6.40. The summed E-state index contributed by atoms with van der Waals surface area (Å²) in [5, 5.41) is 3.51. The number of nitrogens with zero attached hydrogens (tertiary/aromatic N) is 3. The maximum atomic E-state index is 8.14. The fourth-order valence-electron chi connectivity index (χ4n) is 1.43. The van der Waals surface area contributed by atoms with Gasteiger partial charge in [-0.15, -0.1) is 0 Å². The third kappa shape index (κ3) is 2.01. The summed E-state index contributed by atoms with van der Waals surface area (Å²) in [5.41, 5.74) is 10.6. The van der Waals surface area contributed by atoms with Crippen LogP contribution in [0.3, 0.4) is 0 Å². The van der Waals surface area contributed by atoms with Crippen molar-refractivity contribution < 1.29 is 0 Å². The predicted molar refractivity (Wildman–Crippen MR) is 51.3 cm³/mol. The molecule has 0 heterocycles. The van der Waals surface area contributed by atoms with E-state index in [1.54, 1.807) is 0 Å². The van der Waals surface area contributed by atoms with Crippen molar-refractivity contribution in [3.63, 3.8) is 0 Å². The van der Waals surface area contributed by atoms with Crippen LogP contribution in [0.4, 0.5) is 0 Å². The van der Waals surface area contributed by atoms with Crippen molar-refractivity contribution in [2.24, 2.45) is 5.11 Å². The monoisotopic (exact) mass is 173 g/mol. The highest BCUT2D eigenvalue weighted by atomic mass is 15.1. The smallest absolute Gasteiger partial charge is 0.0510 e. The average molecular weight is 173 g/mol. The lowest BCUT2D eigenvalue weighted by atomic mass is 10.1. The zero-order valence-electron chi connectivity index (χ0n) is 7.35. The Kier molecular flexibility index (Phi) is 2.19. The first-order valence-electron chi connectivity index (χ1n) is 4.50. The first kappa shape index (κ1) is 8.14. The van der Waals surface area contributed by atoms with Crippen molar-refractivity contribution in [1.29, 1.82) is 0 Å². The van der Waals surface area contributed by atoms with E-state index in [0.717, 1.165) is 11.5 Å². The Labute approximate surface area is 77.0 Å². The molecule has 0 N–H and O–H groups in total. The van der Waals surface area contributed by atoms with Crippen LogP contribution >= 0.6 is 0 Å². The maximum Gasteiger partial charge on any atom is 0.0510 e. The molecule has 13 heavy (non-hydrogen) atoms. The molecule has 0 bridgehead atoms. The van der Waals surface area contributed by atoms with Gasteiger partial charge in [-0.05, 0) is 35.4 Å². The molecule has 66 valence electrons. The molecule has 1 aromatic rings. The highest BCUT2D eigenvalue weighted by Gasteiger charge is 2.22. The van der Waals surface area contributed by atoms with Crippen molar-refractivity contribution in [3.05, 3.63) is 45.8 Å². The molecule has 1 fully saturated rings. The van der Waals surface area contributed by atoms with Gasteiger partial charge >= 0.3 is 0 Å². The van der Waals surface area contributed by atoms with E-state index in [0.29, 0.717) is 6.54 Å². The highest BCUT2D eigenvalue weighted by molar-refractivity contribution is 5.27. The zero-order valence-corrected chi connectivity index (χ0v) is 7.35. The van der Waals surface area contributed by atoms with Gasteiger partial charge in [0.2, 0.25) is 0 Å². The topological polar surface area (TPSA) is 48.8 Å². The number of hydrogen-bond acceptors (Lipinski definition) is 1. The minimum Gasteiger partial charge on any atom is -0.0893 e. The van der Waals surface area contributed by atoms with E-state index in [1.807, 2.05) is 12.1 Å². The van der Waals surface area contributed by atoms with Gasteiger partial charge in [-0.1, -0.05) is 29.4 Å². The summed E-state index contributed by atoms with van der Waals surface area (Å²) in [5.74, 6) is 0.800. The summed E-state index contributed by atoms with van der Waals surface area (Å²) in [6.07, 6.45) is 2.66. The van der Waals surface area contributed by atoms with Gasteiger partial charge in [-0.25, -0.2) is 0 Å². The van der Waals surface area contributed by atoms with Crippen molar-refractivity contribution in [2.75, 3.05) is 0 Å². The van der Waals surface area contributed by atoms with Gasteiger partial charge in [0.1, 0.15) is 0 Å². The van der Waals surface area contributed by atoms with Gasteiger partial charge in [0.05, 0.1) is 6.54 Å². The Morgan fingerprint density at radius 1 is 1.31 bits per heavy atom. The number of azide groups is 1. The van der Waals surface area contributed by atoms with E-state index in [4.69, 9.17) is 5.53 Å². The van der Waals surface area contributed by atoms with Crippen molar-refractivity contribution in [2.45, 2.75) is 25.3 Å². The lowest BCUT2D eigenvalue weighted by Gasteiger charge is -1.98. The van der Waals surface area contributed by atoms with Crippen LogP contribution in [0.15, 0.2) is 29.4 Å². The molecule has 2 rings (SSSR count). The SMILES string of the molecule is [N-]=[N+]=NCc1ccc(C2CC2)cc1. The normalized spacial score (nSPS) is 15.1. The molecule has 0 saturated heterocycles. The molecule has 0 unspecified atom stereocenters. The van der Waals surface area contributed by atoms with Crippen LogP contribution in [0.1, 0.15) is 29.9 Å². The van der Waals surface area contributed by atoms with E-state index < -0.39 is 0 Å². The molecule has 1 aromatic carbocycles. The second kappa shape index (κ2) is 3.50. The fourth-order valence-corrected chi connectivity index (χ4v) is 1.43. The molecule has 0 aromatic heterocycles. The second-order valence-electron chi connectivity index (χ2n) is 3.40. The van der Waals surface area contributed by atoms with Gasteiger partial charge in [0, 0.05) is 4.91 Å². The van der Waals surface area contributed by atoms with E-state index in [2.05, 4.69) is 22.2 Å². The van der Waals surface area contributed by atoms with Crippen LogP contribution in [0, 0.1) is 0 Å². The van der Waals surface area contributed by atoms with E-state index in [-0.39, 0.29) is 0 Å². The molecule has 0 atom stereocenters. The summed E-state index contributed by atoms with van der Waals surface area (Å²) in [7, 11) is 0. The van der Waals surface area contributed by atoms with Gasteiger partial charge in [0.25, 0.3) is 0 Å². The third-order valence-electron chi connectivity index (χ3n) is 2.35. The first-order valence-corrected chi connectivity index (χ1v) is 4.50. The number of rotatable bonds is 3.